The van der Waals surface area contributed by atoms with E-state index in [2.05, 4.69) is 19.2 Å². The molecule has 2 N–H and O–H groups in total. The molecule has 0 spiro atoms. The van der Waals surface area contributed by atoms with Gasteiger partial charge in [-0.25, -0.2) is 0 Å². The third kappa shape index (κ3) is 5.18. The van der Waals surface area contributed by atoms with Gasteiger partial charge in [0.15, 0.2) is 0 Å². The van der Waals surface area contributed by atoms with E-state index in [1.165, 1.54) is 0 Å². The van der Waals surface area contributed by atoms with Crippen LogP contribution in [0.5, 0.6) is 0 Å². The van der Waals surface area contributed by atoms with Crippen LogP contribution in [0.4, 0.5) is 0 Å². The third-order valence-electron chi connectivity index (χ3n) is 4.38. The molecule has 2 atom stereocenters. The van der Waals surface area contributed by atoms with Crippen molar-refractivity contribution in [1.82, 2.24) is 5.32 Å². The molecule has 136 valence electrons. The van der Waals surface area contributed by atoms with E-state index in [1.807, 2.05) is 54.6 Å². The van der Waals surface area contributed by atoms with E-state index in [0.717, 1.165) is 28.7 Å². The number of nitrogens with one attached hydrogen (secondary N) is 1. The maximum Gasteiger partial charge on any atom is 0.228 e. The quantitative estimate of drug-likeness (QED) is 0.736. The zero-order chi connectivity index (χ0) is 19.1. The van der Waals surface area contributed by atoms with Crippen molar-refractivity contribution in [3.63, 3.8) is 0 Å². The third-order valence-corrected chi connectivity index (χ3v) is 4.38. The zero-order valence-corrected chi connectivity index (χ0v) is 15.6. The monoisotopic (exact) mass is 350 g/mol. The number of carbonyl (C=O) groups excluding carboxylic acids is 1. The molecule has 0 aromatic heterocycles. The van der Waals surface area contributed by atoms with Crippen molar-refractivity contribution in [2.45, 2.75) is 39.2 Å². The van der Waals surface area contributed by atoms with Crippen molar-refractivity contribution in [2.75, 3.05) is 6.54 Å². The maximum atomic E-state index is 12.5. The van der Waals surface area contributed by atoms with Gasteiger partial charge in [0.05, 0.1) is 18.1 Å². The van der Waals surface area contributed by atoms with E-state index in [-0.39, 0.29) is 18.4 Å². The van der Waals surface area contributed by atoms with Crippen molar-refractivity contribution < 1.29 is 9.90 Å². The Morgan fingerprint density at radius 3 is 2.35 bits per heavy atom. The average Bonchev–Trinajstić information content (AvgIpc) is 2.64. The highest BCUT2D eigenvalue weighted by Gasteiger charge is 2.22. The highest BCUT2D eigenvalue weighted by atomic mass is 16.3. The number of aliphatic hydroxyl groups is 1. The number of aliphatic hydroxyl groups excluding tert-OH is 1. The van der Waals surface area contributed by atoms with Gasteiger partial charge < -0.3 is 10.4 Å². The normalized spacial score (nSPS) is 13.1. The molecule has 1 amide bonds. The summed E-state index contributed by atoms with van der Waals surface area (Å²) in [4.78, 5) is 12.5. The number of carbonyl (C=O) groups is 1. The fourth-order valence-corrected chi connectivity index (χ4v) is 3.00. The van der Waals surface area contributed by atoms with Gasteiger partial charge in [-0.1, -0.05) is 62.4 Å². The minimum atomic E-state index is -0.491. The molecule has 0 aliphatic rings. The van der Waals surface area contributed by atoms with Crippen LogP contribution in [0.25, 0.3) is 11.1 Å². The van der Waals surface area contributed by atoms with Crippen molar-refractivity contribution in [3.8, 4) is 17.2 Å². The summed E-state index contributed by atoms with van der Waals surface area (Å²) >= 11 is 0. The van der Waals surface area contributed by atoms with Crippen LogP contribution in [0.2, 0.25) is 0 Å². The number of benzene rings is 2. The SMILES string of the molecule is CC(C)CC(C(=O)NCC#N)c1cccc(-c2ccc(C(C)O)cc2)c1. The minimum absolute atomic E-state index is 0.0218. The van der Waals surface area contributed by atoms with E-state index >= 15 is 0 Å². The summed E-state index contributed by atoms with van der Waals surface area (Å²) in [5.41, 5.74) is 3.89. The predicted octanol–water partition coefficient (Wildman–Crippen LogP) is 4.18. The van der Waals surface area contributed by atoms with Gasteiger partial charge in [-0.3, -0.25) is 4.79 Å². The van der Waals surface area contributed by atoms with E-state index < -0.39 is 6.10 Å². The van der Waals surface area contributed by atoms with Crippen molar-refractivity contribution in [1.29, 1.82) is 5.26 Å². The van der Waals surface area contributed by atoms with Crippen molar-refractivity contribution >= 4 is 5.91 Å². The van der Waals surface area contributed by atoms with Crippen LogP contribution < -0.4 is 5.32 Å². The molecule has 4 heteroatoms. The summed E-state index contributed by atoms with van der Waals surface area (Å²) in [6, 6.07) is 17.7. The molecule has 2 aromatic rings. The van der Waals surface area contributed by atoms with Gasteiger partial charge in [0.2, 0.25) is 5.91 Å². The topological polar surface area (TPSA) is 73.1 Å². The van der Waals surface area contributed by atoms with Crippen LogP contribution in [0.1, 0.15) is 50.3 Å². The fraction of sp³-hybridized carbons (Fsp3) is 0.364. The summed E-state index contributed by atoms with van der Waals surface area (Å²) in [6.45, 7) is 5.94. The van der Waals surface area contributed by atoms with E-state index in [0.29, 0.717) is 5.92 Å². The summed E-state index contributed by atoms with van der Waals surface area (Å²) in [6.07, 6.45) is 0.233. The Bertz CT molecular complexity index is 773. The van der Waals surface area contributed by atoms with Gasteiger partial charge >= 0.3 is 0 Å². The number of nitrogens with zero attached hydrogens (tertiary/aromatic N) is 1. The lowest BCUT2D eigenvalue weighted by Gasteiger charge is -2.19. The van der Waals surface area contributed by atoms with E-state index in [4.69, 9.17) is 5.26 Å². The summed E-state index contributed by atoms with van der Waals surface area (Å²) in [5, 5.41) is 21.1. The number of amides is 1. The molecule has 0 saturated carbocycles. The molecule has 0 aliphatic heterocycles. The zero-order valence-electron chi connectivity index (χ0n) is 15.6. The number of hydrogen-bond acceptors (Lipinski definition) is 3. The molecule has 4 nitrogen and oxygen atoms in total. The van der Waals surface area contributed by atoms with E-state index in [1.54, 1.807) is 6.92 Å². The maximum absolute atomic E-state index is 12.5. The smallest absolute Gasteiger partial charge is 0.228 e. The van der Waals surface area contributed by atoms with Crippen LogP contribution in [0, 0.1) is 17.2 Å². The molecule has 0 saturated heterocycles. The van der Waals surface area contributed by atoms with Gasteiger partial charge in [0, 0.05) is 0 Å². The first-order chi connectivity index (χ1) is 12.4. The summed E-state index contributed by atoms with van der Waals surface area (Å²) < 4.78 is 0. The molecule has 0 bridgehead atoms. The number of rotatable bonds is 7. The van der Waals surface area contributed by atoms with Gasteiger partial charge in [-0.05, 0) is 41.5 Å². The van der Waals surface area contributed by atoms with Gasteiger partial charge in [0.1, 0.15) is 6.54 Å². The lowest BCUT2D eigenvalue weighted by Crippen LogP contribution is -2.30. The highest BCUT2D eigenvalue weighted by Crippen LogP contribution is 2.29. The Labute approximate surface area is 155 Å². The van der Waals surface area contributed by atoms with Gasteiger partial charge in [0.25, 0.3) is 0 Å². The second-order valence-corrected chi connectivity index (χ2v) is 6.98. The Hall–Kier alpha value is -2.64. The Kier molecular flexibility index (Phi) is 6.94. The van der Waals surface area contributed by atoms with Crippen molar-refractivity contribution in [2.24, 2.45) is 5.92 Å². The summed E-state index contributed by atoms with van der Waals surface area (Å²) in [7, 11) is 0. The lowest BCUT2D eigenvalue weighted by atomic mass is 9.88. The van der Waals surface area contributed by atoms with Crippen LogP contribution >= 0.6 is 0 Å². The first-order valence-corrected chi connectivity index (χ1v) is 8.95. The fourth-order valence-electron chi connectivity index (χ4n) is 3.00. The van der Waals surface area contributed by atoms with Crippen LogP contribution in [-0.4, -0.2) is 17.6 Å². The molecule has 0 fully saturated rings. The largest absolute Gasteiger partial charge is 0.389 e. The van der Waals surface area contributed by atoms with Crippen LogP contribution in [-0.2, 0) is 4.79 Å². The number of nitriles is 1. The van der Waals surface area contributed by atoms with Crippen LogP contribution in [0.15, 0.2) is 48.5 Å². The van der Waals surface area contributed by atoms with Gasteiger partial charge in [-0.15, -0.1) is 0 Å². The molecular formula is C22H26N2O2. The number of hydrogen-bond donors (Lipinski definition) is 2. The molecular weight excluding hydrogens is 324 g/mol. The Morgan fingerprint density at radius 1 is 1.08 bits per heavy atom. The molecule has 2 rings (SSSR count). The molecule has 2 unspecified atom stereocenters. The van der Waals surface area contributed by atoms with E-state index in [9.17, 15) is 9.90 Å². The molecule has 0 heterocycles. The predicted molar refractivity (Wildman–Crippen MR) is 103 cm³/mol. The Morgan fingerprint density at radius 2 is 1.77 bits per heavy atom. The summed E-state index contributed by atoms with van der Waals surface area (Å²) in [5.74, 6) is -0.0243. The lowest BCUT2D eigenvalue weighted by molar-refractivity contribution is -0.122. The molecule has 26 heavy (non-hydrogen) atoms. The minimum Gasteiger partial charge on any atom is -0.389 e. The van der Waals surface area contributed by atoms with Crippen LogP contribution in [0.3, 0.4) is 0 Å². The Balaban J connectivity index is 2.32. The van der Waals surface area contributed by atoms with Gasteiger partial charge in [-0.2, -0.15) is 5.26 Å². The first-order valence-electron chi connectivity index (χ1n) is 8.95. The molecule has 0 radical (unpaired) electrons. The van der Waals surface area contributed by atoms with Crippen molar-refractivity contribution in [3.05, 3.63) is 59.7 Å². The second-order valence-electron chi connectivity index (χ2n) is 6.98. The molecule has 0 aliphatic carbocycles. The second kappa shape index (κ2) is 9.17. The first kappa shape index (κ1) is 19.7. The molecule has 2 aromatic carbocycles. The standard InChI is InChI=1S/C22H26N2O2/c1-15(2)13-21(22(26)24-12-11-23)20-6-4-5-19(14-20)18-9-7-17(8-10-18)16(3)25/h4-10,14-16,21,25H,12-13H2,1-3H3,(H,24,26). The average molecular weight is 350 g/mol. The highest BCUT2D eigenvalue weighted by molar-refractivity contribution is 5.84.